The predicted molar refractivity (Wildman–Crippen MR) is 136 cm³/mol. The third-order valence-electron chi connectivity index (χ3n) is 6.44. The molecule has 3 N–H and O–H groups in total. The van der Waals surface area contributed by atoms with E-state index in [0.29, 0.717) is 30.8 Å². The molecule has 0 radical (unpaired) electrons. The summed E-state index contributed by atoms with van der Waals surface area (Å²) < 4.78 is 5.80. The molecule has 1 aromatic rings. The van der Waals surface area contributed by atoms with E-state index in [4.69, 9.17) is 4.74 Å². The predicted octanol–water partition coefficient (Wildman–Crippen LogP) is 0.769. The Hall–Kier alpha value is -3.14. The van der Waals surface area contributed by atoms with Crippen LogP contribution in [0.4, 0.5) is 0 Å². The van der Waals surface area contributed by atoms with Gasteiger partial charge in [-0.1, -0.05) is 26.0 Å². The highest BCUT2D eigenvalue weighted by Gasteiger charge is 2.30. The van der Waals surface area contributed by atoms with Gasteiger partial charge >= 0.3 is 0 Å². The molecule has 4 amide bonds. The minimum absolute atomic E-state index is 0.00442. The molecular formula is C26H39N5O5. The zero-order chi connectivity index (χ0) is 26.1. The van der Waals surface area contributed by atoms with Crippen molar-refractivity contribution < 1.29 is 23.9 Å². The summed E-state index contributed by atoms with van der Waals surface area (Å²) in [5.74, 6) is -0.682. The molecule has 3 rings (SSSR count). The maximum absolute atomic E-state index is 13.5. The van der Waals surface area contributed by atoms with E-state index in [-0.39, 0.29) is 49.6 Å². The van der Waals surface area contributed by atoms with Crippen LogP contribution >= 0.6 is 0 Å². The van der Waals surface area contributed by atoms with Crippen molar-refractivity contribution in [1.82, 2.24) is 25.8 Å². The van der Waals surface area contributed by atoms with Gasteiger partial charge in [-0.15, -0.1) is 0 Å². The molecule has 36 heavy (non-hydrogen) atoms. The Balaban J connectivity index is 1.84. The van der Waals surface area contributed by atoms with Crippen LogP contribution in [0.1, 0.15) is 49.9 Å². The number of hydrogen-bond acceptors (Lipinski definition) is 6. The topological polar surface area (TPSA) is 120 Å². The summed E-state index contributed by atoms with van der Waals surface area (Å²) in [5, 5.41) is 8.48. The lowest BCUT2D eigenvalue weighted by molar-refractivity contribution is -0.134. The lowest BCUT2D eigenvalue weighted by Crippen LogP contribution is -2.50. The molecule has 0 aliphatic carbocycles. The number of likely N-dealkylation sites (N-methyl/N-ethyl adjacent to an activating group) is 1. The molecule has 1 saturated heterocycles. The van der Waals surface area contributed by atoms with Gasteiger partial charge in [-0.05, 0) is 50.9 Å². The number of nitrogens with zero attached hydrogens (tertiary/aromatic N) is 2. The zero-order valence-corrected chi connectivity index (χ0v) is 21.5. The lowest BCUT2D eigenvalue weighted by Gasteiger charge is -2.27. The third-order valence-corrected chi connectivity index (χ3v) is 6.44. The Morgan fingerprint density at radius 2 is 1.86 bits per heavy atom. The minimum Gasteiger partial charge on any atom is -0.491 e. The van der Waals surface area contributed by atoms with E-state index in [1.54, 1.807) is 29.2 Å². The first-order valence-corrected chi connectivity index (χ1v) is 12.8. The number of ether oxygens (including phenoxy) is 1. The molecule has 2 aliphatic rings. The highest BCUT2D eigenvalue weighted by molar-refractivity contribution is 5.99. The van der Waals surface area contributed by atoms with Crippen LogP contribution in [-0.2, 0) is 14.4 Å². The van der Waals surface area contributed by atoms with Gasteiger partial charge in [0.1, 0.15) is 24.4 Å². The fourth-order valence-electron chi connectivity index (χ4n) is 4.46. The molecule has 2 heterocycles. The molecule has 10 nitrogen and oxygen atoms in total. The quantitative estimate of drug-likeness (QED) is 0.563. The van der Waals surface area contributed by atoms with Crippen LogP contribution in [0.3, 0.4) is 0 Å². The number of amides is 4. The molecule has 2 aliphatic heterocycles. The van der Waals surface area contributed by atoms with Crippen LogP contribution in [0.15, 0.2) is 24.3 Å². The van der Waals surface area contributed by atoms with Crippen molar-refractivity contribution in [3.05, 3.63) is 29.8 Å². The van der Waals surface area contributed by atoms with E-state index in [1.807, 2.05) is 20.9 Å². The lowest BCUT2D eigenvalue weighted by atomic mass is 10.0. The average Bonchev–Trinajstić information content (AvgIpc) is 3.07. The molecule has 1 fully saturated rings. The van der Waals surface area contributed by atoms with E-state index in [0.717, 1.165) is 19.5 Å². The van der Waals surface area contributed by atoms with E-state index < -0.39 is 18.0 Å². The molecule has 2 atom stereocenters. The zero-order valence-electron chi connectivity index (χ0n) is 21.5. The van der Waals surface area contributed by atoms with Crippen molar-refractivity contribution in [3.8, 4) is 5.75 Å². The molecule has 0 bridgehead atoms. The van der Waals surface area contributed by atoms with Gasteiger partial charge in [0.2, 0.25) is 17.7 Å². The van der Waals surface area contributed by atoms with Gasteiger partial charge in [0, 0.05) is 26.1 Å². The number of para-hydroxylation sites is 1. The van der Waals surface area contributed by atoms with Gasteiger partial charge in [-0.2, -0.15) is 0 Å². The summed E-state index contributed by atoms with van der Waals surface area (Å²) in [4.78, 5) is 56.2. The molecule has 0 unspecified atom stereocenters. The van der Waals surface area contributed by atoms with Crippen LogP contribution in [0.25, 0.3) is 0 Å². The van der Waals surface area contributed by atoms with Crippen molar-refractivity contribution in [2.45, 2.75) is 51.6 Å². The monoisotopic (exact) mass is 501 g/mol. The van der Waals surface area contributed by atoms with Gasteiger partial charge in [-0.25, -0.2) is 0 Å². The summed E-state index contributed by atoms with van der Waals surface area (Å²) in [6.07, 6.45) is 1.46. The van der Waals surface area contributed by atoms with Gasteiger partial charge < -0.3 is 30.5 Å². The molecule has 0 aromatic heterocycles. The fraction of sp³-hybridized carbons (Fsp3) is 0.615. The summed E-state index contributed by atoms with van der Waals surface area (Å²) in [5.41, 5.74) is 0.300. The first kappa shape index (κ1) is 27.4. The fourth-order valence-corrected chi connectivity index (χ4v) is 4.46. The number of carbonyl (C=O) groups excluding carboxylic acids is 4. The van der Waals surface area contributed by atoms with Gasteiger partial charge in [0.15, 0.2) is 0 Å². The van der Waals surface area contributed by atoms with Crippen LogP contribution < -0.4 is 20.7 Å². The Labute approximate surface area is 213 Å². The highest BCUT2D eigenvalue weighted by Crippen LogP contribution is 2.19. The standard InChI is InChI=1S/C26H39N5O5/c1-18(2)17-21-25(34)27-11-16-36-22-8-5-4-7-19(22)24(33)29-20(9-10-23(32)28-21)26(35)31-13-6-12-30(3)14-15-31/h4-5,7-8,18,20-21H,6,9-17H2,1-3H3,(H,27,34)(H,28,32)(H,29,33)/t20-,21+/m0/s1. The maximum atomic E-state index is 13.5. The molecule has 1 aromatic carbocycles. The molecule has 10 heteroatoms. The number of benzene rings is 1. The smallest absolute Gasteiger partial charge is 0.255 e. The number of nitrogens with one attached hydrogen (secondary N) is 3. The van der Waals surface area contributed by atoms with Gasteiger partial charge in [0.05, 0.1) is 12.1 Å². The van der Waals surface area contributed by atoms with E-state index >= 15 is 0 Å². The largest absolute Gasteiger partial charge is 0.491 e. The second-order valence-electron chi connectivity index (χ2n) is 9.93. The summed E-state index contributed by atoms with van der Waals surface area (Å²) in [6, 6.07) is 5.25. The number of rotatable bonds is 3. The Kier molecular flexibility index (Phi) is 10.1. The second kappa shape index (κ2) is 13.2. The van der Waals surface area contributed by atoms with Crippen molar-refractivity contribution in [1.29, 1.82) is 0 Å². The van der Waals surface area contributed by atoms with Crippen molar-refractivity contribution >= 4 is 23.6 Å². The van der Waals surface area contributed by atoms with Crippen molar-refractivity contribution in [2.75, 3.05) is 46.4 Å². The number of hydrogen-bond donors (Lipinski definition) is 3. The van der Waals surface area contributed by atoms with E-state index in [9.17, 15) is 19.2 Å². The third kappa shape index (κ3) is 7.94. The first-order valence-electron chi connectivity index (χ1n) is 12.8. The highest BCUT2D eigenvalue weighted by atomic mass is 16.5. The minimum atomic E-state index is -0.873. The summed E-state index contributed by atoms with van der Waals surface area (Å²) in [6.45, 7) is 7.15. The van der Waals surface area contributed by atoms with Crippen LogP contribution in [-0.4, -0.2) is 91.9 Å². The van der Waals surface area contributed by atoms with Crippen LogP contribution in [0.2, 0.25) is 0 Å². The summed E-state index contributed by atoms with van der Waals surface area (Å²) in [7, 11) is 2.02. The maximum Gasteiger partial charge on any atom is 0.255 e. The Bertz CT molecular complexity index is 937. The molecule has 198 valence electrons. The number of carbonyl (C=O) groups is 4. The van der Waals surface area contributed by atoms with E-state index in [1.165, 1.54) is 0 Å². The molecule has 0 spiro atoms. The molecular weight excluding hydrogens is 462 g/mol. The van der Waals surface area contributed by atoms with E-state index in [2.05, 4.69) is 20.9 Å². The van der Waals surface area contributed by atoms with Crippen LogP contribution in [0, 0.1) is 5.92 Å². The molecule has 0 saturated carbocycles. The van der Waals surface area contributed by atoms with Gasteiger partial charge in [0.25, 0.3) is 5.91 Å². The Morgan fingerprint density at radius 1 is 1.08 bits per heavy atom. The van der Waals surface area contributed by atoms with Crippen molar-refractivity contribution in [2.24, 2.45) is 5.92 Å². The Morgan fingerprint density at radius 3 is 2.64 bits per heavy atom. The first-order chi connectivity index (χ1) is 17.2. The SMILES string of the molecule is CC(C)C[C@H]1NC(=O)CC[C@@H](C(=O)N2CCCN(C)CC2)NC(=O)c2ccccc2OCCNC1=O. The van der Waals surface area contributed by atoms with Crippen LogP contribution in [0.5, 0.6) is 5.75 Å². The number of fused-ring (bicyclic) bond motifs is 1. The second-order valence-corrected chi connectivity index (χ2v) is 9.93. The average molecular weight is 502 g/mol. The normalized spacial score (nSPS) is 23.2. The van der Waals surface area contributed by atoms with Gasteiger partial charge in [-0.3, -0.25) is 19.2 Å². The van der Waals surface area contributed by atoms with Crippen molar-refractivity contribution in [3.63, 3.8) is 0 Å². The summed E-state index contributed by atoms with van der Waals surface area (Å²) >= 11 is 0.